The first-order chi connectivity index (χ1) is 24.2. The van der Waals surface area contributed by atoms with E-state index in [9.17, 15) is 0 Å². The maximum Gasteiger partial charge on any atom is 0.111 e. The van der Waals surface area contributed by atoms with E-state index in [2.05, 4.69) is 84.6 Å². The lowest BCUT2D eigenvalue weighted by molar-refractivity contribution is 0.0816. The van der Waals surface area contributed by atoms with Gasteiger partial charge >= 0.3 is 0 Å². The molecule has 0 heterocycles. The summed E-state index contributed by atoms with van der Waals surface area (Å²) in [4.78, 5) is 4.60. The second-order valence-electron chi connectivity index (χ2n) is 10.8. The lowest BCUT2D eigenvalue weighted by Crippen LogP contribution is -2.31. The topological polar surface area (TPSA) is 80.3 Å². The number of benzene rings is 2. The lowest BCUT2D eigenvalue weighted by atomic mass is 10.0. The molecule has 0 aliphatic heterocycles. The Bertz CT molecular complexity index is 1020. The molecule has 0 spiro atoms. The summed E-state index contributed by atoms with van der Waals surface area (Å²) in [7, 11) is 0. The quantitative estimate of drug-likeness (QED) is 0.0631. The normalized spacial score (nSPS) is 10.6. The van der Waals surface area contributed by atoms with Gasteiger partial charge < -0.3 is 47.7 Å². The van der Waals surface area contributed by atoms with Crippen LogP contribution in [0.4, 0.5) is 11.4 Å². The minimum absolute atomic E-state index is 0.494. The highest BCUT2D eigenvalue weighted by molar-refractivity contribution is 5.50. The van der Waals surface area contributed by atoms with Crippen LogP contribution in [-0.2, 0) is 50.7 Å². The zero-order valence-electron chi connectivity index (χ0n) is 29.4. The number of ether oxygens (including phenoxy) is 8. The predicted octanol–water partition coefficient (Wildman–Crippen LogP) is 6.18. The Balaban J connectivity index is 1.96. The van der Waals surface area contributed by atoms with Crippen molar-refractivity contribution in [2.24, 2.45) is 0 Å². The number of hydrogen-bond acceptors (Lipinski definition) is 10. The molecule has 0 aliphatic rings. The highest BCUT2D eigenvalue weighted by Gasteiger charge is 2.10. The van der Waals surface area contributed by atoms with E-state index in [4.69, 9.17) is 37.9 Å². The Kier molecular flexibility index (Phi) is 24.4. The minimum Gasteiger partial charge on any atom is -0.499 e. The highest BCUT2D eigenvalue weighted by Crippen LogP contribution is 2.20. The van der Waals surface area contributed by atoms with E-state index in [-0.39, 0.29) is 0 Å². The molecule has 10 nitrogen and oxygen atoms in total. The van der Waals surface area contributed by atoms with Crippen molar-refractivity contribution in [1.82, 2.24) is 0 Å². The van der Waals surface area contributed by atoms with E-state index in [1.807, 2.05) is 0 Å². The van der Waals surface area contributed by atoms with Crippen LogP contribution in [0.2, 0.25) is 0 Å². The smallest absolute Gasteiger partial charge is 0.111 e. The molecule has 0 saturated heterocycles. The van der Waals surface area contributed by atoms with Gasteiger partial charge in [0.05, 0.1) is 77.9 Å². The van der Waals surface area contributed by atoms with Crippen molar-refractivity contribution < 1.29 is 37.9 Å². The first kappa shape index (κ1) is 41.2. The molecule has 10 heteroatoms. The van der Waals surface area contributed by atoms with Gasteiger partial charge in [-0.25, -0.2) is 0 Å². The van der Waals surface area contributed by atoms with E-state index >= 15 is 0 Å². The fourth-order valence-corrected chi connectivity index (χ4v) is 4.92. The van der Waals surface area contributed by atoms with Crippen molar-refractivity contribution in [1.29, 1.82) is 0 Å². The van der Waals surface area contributed by atoms with Crippen LogP contribution in [0, 0.1) is 0 Å². The van der Waals surface area contributed by atoms with Gasteiger partial charge in [0.15, 0.2) is 0 Å². The van der Waals surface area contributed by atoms with Crippen LogP contribution in [0.5, 0.6) is 0 Å². The van der Waals surface area contributed by atoms with Gasteiger partial charge in [0.25, 0.3) is 0 Å². The van der Waals surface area contributed by atoms with Crippen molar-refractivity contribution in [3.05, 3.63) is 111 Å². The number of rotatable bonds is 34. The highest BCUT2D eigenvalue weighted by atomic mass is 16.5. The van der Waals surface area contributed by atoms with Gasteiger partial charge in [0, 0.05) is 37.6 Å². The molecule has 2 aromatic rings. The molecule has 0 saturated carbocycles. The Morgan fingerprint density at radius 3 is 1.06 bits per heavy atom. The van der Waals surface area contributed by atoms with Gasteiger partial charge in [-0.05, 0) is 54.7 Å². The summed E-state index contributed by atoms with van der Waals surface area (Å²) in [5.74, 6) is 0. The summed E-state index contributed by atoms with van der Waals surface area (Å²) in [5, 5.41) is 0. The molecule has 0 N–H and O–H groups in total. The molecule has 0 atom stereocenters. The molecule has 0 fully saturated rings. The standard InChI is InChI=1S/C39H58N2O8/c1-5-42-26-30-46-22-18-40(19-23-47-31-27-43-6-2)38-16-10-14-36(34-38)12-9-13-37-15-11-17-39(35-37)41(20-24-48-32-28-44-7-3)21-25-49-33-29-45-8-4/h5-8,10-11,14-17,34-35H,1-4,9,12-13,18-33H2. The molecule has 0 aromatic heterocycles. The van der Waals surface area contributed by atoms with Gasteiger partial charge in [0.1, 0.15) is 26.4 Å². The van der Waals surface area contributed by atoms with Crippen LogP contribution in [0.1, 0.15) is 17.5 Å². The SMILES string of the molecule is C=COCCOCCN(CCOCCOC=C)c1cccc(CCCc2cccc(N(CCOCCOC=C)CCOCCOC=C)c2)c1. The number of anilines is 2. The summed E-state index contributed by atoms with van der Waals surface area (Å²) in [6.45, 7) is 23.7. The van der Waals surface area contributed by atoms with Crippen molar-refractivity contribution in [3.8, 4) is 0 Å². The molecule has 49 heavy (non-hydrogen) atoms. The summed E-state index contributed by atoms with van der Waals surface area (Å²) in [6, 6.07) is 17.5. The molecule has 0 unspecified atom stereocenters. The molecule has 2 rings (SSSR count). The number of aryl methyl sites for hydroxylation is 2. The second-order valence-corrected chi connectivity index (χ2v) is 10.8. The van der Waals surface area contributed by atoms with E-state index in [0.717, 1.165) is 56.8 Å². The fraction of sp³-hybridized carbons (Fsp3) is 0.487. The van der Waals surface area contributed by atoms with E-state index < -0.39 is 0 Å². The van der Waals surface area contributed by atoms with Gasteiger partial charge in [0.2, 0.25) is 0 Å². The van der Waals surface area contributed by atoms with Crippen LogP contribution in [-0.4, -0.2) is 105 Å². The summed E-state index contributed by atoms with van der Waals surface area (Å²) in [6.07, 6.45) is 8.71. The van der Waals surface area contributed by atoms with Gasteiger partial charge in [-0.15, -0.1) is 0 Å². The Hall–Kier alpha value is -3.96. The second kappa shape index (κ2) is 29.0. The van der Waals surface area contributed by atoms with Crippen molar-refractivity contribution in [2.75, 3.05) is 115 Å². The first-order valence-electron chi connectivity index (χ1n) is 17.1. The average molecular weight is 683 g/mol. The Labute approximate surface area is 294 Å². The van der Waals surface area contributed by atoms with Crippen molar-refractivity contribution >= 4 is 11.4 Å². The van der Waals surface area contributed by atoms with Gasteiger partial charge in [-0.3, -0.25) is 0 Å². The molecule has 0 bridgehead atoms. The molecule has 2 aromatic carbocycles. The van der Waals surface area contributed by atoms with E-state index in [1.54, 1.807) is 0 Å². The predicted molar refractivity (Wildman–Crippen MR) is 197 cm³/mol. The molecule has 0 amide bonds. The Morgan fingerprint density at radius 2 is 0.755 bits per heavy atom. The van der Waals surface area contributed by atoms with Crippen LogP contribution in [0.25, 0.3) is 0 Å². The van der Waals surface area contributed by atoms with Crippen molar-refractivity contribution in [2.45, 2.75) is 19.3 Å². The maximum atomic E-state index is 5.78. The maximum absolute atomic E-state index is 5.78. The third kappa shape index (κ3) is 20.2. The third-order valence-electron chi connectivity index (χ3n) is 7.36. The summed E-state index contributed by atoms with van der Waals surface area (Å²) >= 11 is 0. The van der Waals surface area contributed by atoms with E-state index in [0.29, 0.717) is 79.3 Å². The molecule has 0 aliphatic carbocycles. The number of hydrogen-bond donors (Lipinski definition) is 0. The lowest BCUT2D eigenvalue weighted by Gasteiger charge is -2.25. The van der Waals surface area contributed by atoms with Gasteiger partial charge in [-0.1, -0.05) is 50.6 Å². The third-order valence-corrected chi connectivity index (χ3v) is 7.36. The molecular weight excluding hydrogens is 624 g/mol. The molecular formula is C39H58N2O8. The monoisotopic (exact) mass is 682 g/mol. The molecule has 272 valence electrons. The average Bonchev–Trinajstić information content (AvgIpc) is 3.12. The fourth-order valence-electron chi connectivity index (χ4n) is 4.92. The van der Waals surface area contributed by atoms with Crippen LogP contribution in [0.3, 0.4) is 0 Å². The van der Waals surface area contributed by atoms with Crippen molar-refractivity contribution in [3.63, 3.8) is 0 Å². The van der Waals surface area contributed by atoms with Gasteiger partial charge in [-0.2, -0.15) is 0 Å². The van der Waals surface area contributed by atoms with Crippen LogP contribution in [0.15, 0.2) is 99.9 Å². The first-order valence-corrected chi connectivity index (χ1v) is 17.1. The largest absolute Gasteiger partial charge is 0.499 e. The van der Waals surface area contributed by atoms with E-state index in [1.165, 1.54) is 36.2 Å². The zero-order chi connectivity index (χ0) is 35.0. The minimum atomic E-state index is 0.494. The Morgan fingerprint density at radius 1 is 0.429 bits per heavy atom. The summed E-state index contributed by atoms with van der Waals surface area (Å²) in [5.41, 5.74) is 4.92. The van der Waals surface area contributed by atoms with Crippen LogP contribution < -0.4 is 9.80 Å². The summed E-state index contributed by atoms with van der Waals surface area (Å²) < 4.78 is 43.8. The zero-order valence-corrected chi connectivity index (χ0v) is 29.4. The van der Waals surface area contributed by atoms with Crippen LogP contribution >= 0.6 is 0 Å². The number of nitrogens with zero attached hydrogens (tertiary/aromatic N) is 2. The molecule has 0 radical (unpaired) electrons.